The highest BCUT2D eigenvalue weighted by atomic mass is 32.2. The van der Waals surface area contributed by atoms with Gasteiger partial charge in [-0.2, -0.15) is 0 Å². The zero-order chi connectivity index (χ0) is 20.5. The van der Waals surface area contributed by atoms with E-state index in [9.17, 15) is 18.0 Å². The van der Waals surface area contributed by atoms with Crippen LogP contribution < -0.4 is 5.32 Å². The average molecular weight is 397 g/mol. The van der Waals surface area contributed by atoms with Crippen molar-refractivity contribution < 1.29 is 27.5 Å². The summed E-state index contributed by atoms with van der Waals surface area (Å²) in [5, 5.41) is 2.60. The van der Waals surface area contributed by atoms with E-state index < -0.39 is 44.7 Å². The van der Waals surface area contributed by atoms with Crippen LogP contribution in [0.3, 0.4) is 0 Å². The topological polar surface area (TPSA) is 98.8 Å². The molecule has 1 N–H and O–H groups in total. The van der Waals surface area contributed by atoms with Crippen molar-refractivity contribution in [1.82, 2.24) is 5.32 Å². The fourth-order valence-electron chi connectivity index (χ4n) is 2.83. The predicted octanol–water partition coefficient (Wildman–Crippen LogP) is 2.62. The number of amides is 1. The van der Waals surface area contributed by atoms with Crippen molar-refractivity contribution in [3.63, 3.8) is 0 Å². The molecule has 0 aliphatic heterocycles. The zero-order valence-electron chi connectivity index (χ0n) is 16.4. The predicted molar refractivity (Wildman–Crippen MR) is 100 cm³/mol. The van der Waals surface area contributed by atoms with Gasteiger partial charge in [-0.15, -0.1) is 0 Å². The van der Waals surface area contributed by atoms with Crippen LogP contribution in [0.1, 0.15) is 39.7 Å². The normalized spacial score (nSPS) is 22.0. The van der Waals surface area contributed by atoms with Crippen molar-refractivity contribution in [3.05, 3.63) is 29.8 Å². The summed E-state index contributed by atoms with van der Waals surface area (Å²) in [5.41, 5.74) is -1.05. The van der Waals surface area contributed by atoms with E-state index in [2.05, 4.69) is 5.32 Å². The molecule has 1 aliphatic carbocycles. The van der Waals surface area contributed by atoms with Gasteiger partial charge in [0.05, 0.1) is 23.3 Å². The lowest BCUT2D eigenvalue weighted by Gasteiger charge is -2.21. The number of carbonyl (C=O) groups excluding carboxylic acids is 2. The van der Waals surface area contributed by atoms with E-state index >= 15 is 0 Å². The molecule has 1 saturated carbocycles. The molecule has 1 aromatic carbocycles. The summed E-state index contributed by atoms with van der Waals surface area (Å²) in [7, 11) is -3.73. The number of benzene rings is 1. The number of carbonyl (C=O) groups is 2. The first-order chi connectivity index (χ1) is 12.4. The Morgan fingerprint density at radius 2 is 1.81 bits per heavy atom. The van der Waals surface area contributed by atoms with Gasteiger partial charge in [-0.05, 0) is 53.2 Å². The highest BCUT2D eigenvalue weighted by Gasteiger charge is 2.64. The molecule has 27 heavy (non-hydrogen) atoms. The molecule has 2 rings (SSSR count). The molecular formula is C19H27NO6S. The average Bonchev–Trinajstić information content (AvgIpc) is 3.18. The summed E-state index contributed by atoms with van der Waals surface area (Å²) in [6.45, 7) is 8.81. The van der Waals surface area contributed by atoms with E-state index in [4.69, 9.17) is 9.47 Å². The van der Waals surface area contributed by atoms with Gasteiger partial charge in [0.2, 0.25) is 0 Å². The van der Waals surface area contributed by atoms with Crippen LogP contribution in [0.4, 0.5) is 4.79 Å². The molecule has 0 heterocycles. The maximum atomic E-state index is 12.8. The summed E-state index contributed by atoms with van der Waals surface area (Å²) in [6.07, 6.45) is -0.498. The fourth-order valence-corrected chi connectivity index (χ4v) is 4.66. The van der Waals surface area contributed by atoms with Gasteiger partial charge in [-0.3, -0.25) is 4.79 Å². The second-order valence-electron chi connectivity index (χ2n) is 7.85. The Labute approximate surface area is 160 Å². The molecule has 0 aromatic heterocycles. The maximum absolute atomic E-state index is 12.8. The minimum atomic E-state index is -3.73. The summed E-state index contributed by atoms with van der Waals surface area (Å²) in [4.78, 5) is 24.6. The van der Waals surface area contributed by atoms with Gasteiger partial charge in [0.15, 0.2) is 9.84 Å². The largest absolute Gasteiger partial charge is 0.465 e. The molecule has 150 valence electrons. The Bertz CT molecular complexity index is 810. The number of sulfone groups is 1. The van der Waals surface area contributed by atoms with E-state index in [1.54, 1.807) is 39.8 Å². The van der Waals surface area contributed by atoms with Crippen LogP contribution in [0.15, 0.2) is 29.2 Å². The third-order valence-corrected chi connectivity index (χ3v) is 6.16. The molecule has 1 aliphatic rings. The molecule has 1 fully saturated rings. The number of alkyl carbamates (subject to hydrolysis) is 1. The quantitative estimate of drug-likeness (QED) is 0.741. The van der Waals surface area contributed by atoms with E-state index in [0.717, 1.165) is 5.56 Å². The van der Waals surface area contributed by atoms with E-state index in [0.29, 0.717) is 0 Å². The molecule has 0 saturated heterocycles. The van der Waals surface area contributed by atoms with Crippen molar-refractivity contribution in [2.24, 2.45) is 5.41 Å². The van der Waals surface area contributed by atoms with Crippen molar-refractivity contribution in [1.29, 1.82) is 0 Å². The van der Waals surface area contributed by atoms with Crippen LogP contribution >= 0.6 is 0 Å². The van der Waals surface area contributed by atoms with Crippen LogP contribution in [0, 0.1) is 12.3 Å². The number of esters is 1. The first-order valence-electron chi connectivity index (χ1n) is 8.86. The second kappa shape index (κ2) is 7.50. The van der Waals surface area contributed by atoms with Gasteiger partial charge < -0.3 is 14.8 Å². The maximum Gasteiger partial charge on any atom is 0.407 e. The highest BCUT2D eigenvalue weighted by molar-refractivity contribution is 7.91. The second-order valence-corrected chi connectivity index (χ2v) is 9.84. The number of aryl methyl sites for hydroxylation is 1. The molecule has 2 atom stereocenters. The summed E-state index contributed by atoms with van der Waals surface area (Å²) in [6, 6.07) is 5.79. The molecule has 0 spiro atoms. The summed E-state index contributed by atoms with van der Waals surface area (Å²) < 4.78 is 35.9. The van der Waals surface area contributed by atoms with Crippen molar-refractivity contribution >= 4 is 21.9 Å². The van der Waals surface area contributed by atoms with E-state index in [-0.39, 0.29) is 17.9 Å². The summed E-state index contributed by atoms with van der Waals surface area (Å²) >= 11 is 0. The van der Waals surface area contributed by atoms with Gasteiger partial charge in [0, 0.05) is 0 Å². The standard InChI is InChI=1S/C19H27NO6S/c1-6-25-16(21)19(11-15(19)20-17(22)26-18(3,4)5)12-27(23,24)14-9-7-13(2)8-10-14/h7-10,15H,6,11-12H2,1-5H3,(H,20,22). The zero-order valence-corrected chi connectivity index (χ0v) is 17.2. The van der Waals surface area contributed by atoms with Crippen molar-refractivity contribution in [3.8, 4) is 0 Å². The number of hydrogen-bond acceptors (Lipinski definition) is 6. The van der Waals surface area contributed by atoms with E-state index in [1.165, 1.54) is 12.1 Å². The van der Waals surface area contributed by atoms with Crippen LogP contribution in [-0.4, -0.2) is 44.5 Å². The monoisotopic (exact) mass is 397 g/mol. The van der Waals surface area contributed by atoms with Gasteiger partial charge >= 0.3 is 12.1 Å². The minimum absolute atomic E-state index is 0.129. The highest BCUT2D eigenvalue weighted by Crippen LogP contribution is 2.49. The molecule has 7 nitrogen and oxygen atoms in total. The third kappa shape index (κ3) is 5.22. The minimum Gasteiger partial charge on any atom is -0.465 e. The Balaban J connectivity index is 2.20. The van der Waals surface area contributed by atoms with Gasteiger partial charge in [-0.25, -0.2) is 13.2 Å². The Morgan fingerprint density at radius 1 is 1.22 bits per heavy atom. The molecule has 1 amide bonds. The SMILES string of the molecule is CCOC(=O)C1(CS(=O)(=O)c2ccc(C)cc2)CC1NC(=O)OC(C)(C)C. The molecule has 0 bridgehead atoms. The Hall–Kier alpha value is -2.09. The lowest BCUT2D eigenvalue weighted by Crippen LogP contribution is -2.40. The lowest BCUT2D eigenvalue weighted by atomic mass is 10.1. The van der Waals surface area contributed by atoms with Crippen LogP contribution in [0.2, 0.25) is 0 Å². The Kier molecular flexibility index (Phi) is 5.89. The van der Waals surface area contributed by atoms with Crippen LogP contribution in [0.5, 0.6) is 0 Å². The van der Waals surface area contributed by atoms with Crippen molar-refractivity contribution in [2.45, 2.75) is 57.6 Å². The number of rotatable bonds is 6. The first-order valence-corrected chi connectivity index (χ1v) is 10.5. The number of hydrogen-bond donors (Lipinski definition) is 1. The number of ether oxygens (including phenoxy) is 2. The molecule has 0 radical (unpaired) electrons. The molecule has 2 unspecified atom stereocenters. The fraction of sp³-hybridized carbons (Fsp3) is 0.579. The molecule has 1 aromatic rings. The van der Waals surface area contributed by atoms with E-state index in [1.807, 2.05) is 6.92 Å². The number of nitrogens with one attached hydrogen (secondary N) is 1. The van der Waals surface area contributed by atoms with Gasteiger partial charge in [-0.1, -0.05) is 17.7 Å². The first kappa shape index (κ1) is 21.2. The third-order valence-electron chi connectivity index (χ3n) is 4.28. The smallest absolute Gasteiger partial charge is 0.407 e. The van der Waals surface area contributed by atoms with Crippen molar-refractivity contribution in [2.75, 3.05) is 12.4 Å². The van der Waals surface area contributed by atoms with Gasteiger partial charge in [0.25, 0.3) is 0 Å². The molecule has 8 heteroatoms. The van der Waals surface area contributed by atoms with Crippen LogP contribution in [0.25, 0.3) is 0 Å². The van der Waals surface area contributed by atoms with Crippen LogP contribution in [-0.2, 0) is 24.1 Å². The van der Waals surface area contributed by atoms with Gasteiger partial charge in [0.1, 0.15) is 11.0 Å². The Morgan fingerprint density at radius 3 is 2.33 bits per heavy atom. The summed E-state index contributed by atoms with van der Waals surface area (Å²) in [5.74, 6) is -1.05. The lowest BCUT2D eigenvalue weighted by molar-refractivity contribution is -0.149. The molecular weight excluding hydrogens is 370 g/mol.